The summed E-state index contributed by atoms with van der Waals surface area (Å²) in [6.07, 6.45) is 3.49. The van der Waals surface area contributed by atoms with Crippen LogP contribution < -0.4 is 0 Å². The van der Waals surface area contributed by atoms with Crippen molar-refractivity contribution >= 4 is 17.2 Å². The molecule has 0 aliphatic heterocycles. The average Bonchev–Trinajstić information content (AvgIpc) is 2.74. The highest BCUT2D eigenvalue weighted by Gasteiger charge is 2.08. The summed E-state index contributed by atoms with van der Waals surface area (Å²) in [5.41, 5.74) is 2.91. The quantitative estimate of drug-likeness (QED) is 0.822. The van der Waals surface area contributed by atoms with E-state index in [1.165, 1.54) is 0 Å². The first kappa shape index (κ1) is 9.99. The molecule has 1 N–H and O–H groups in total. The molecule has 0 bridgehead atoms. The molecule has 0 atom stereocenters. The Labute approximate surface area is 93.6 Å². The number of nitrogens with one attached hydrogen (secondary N) is 1. The fourth-order valence-corrected chi connectivity index (χ4v) is 1.67. The number of benzene rings is 1. The molecule has 1 aromatic heterocycles. The van der Waals surface area contributed by atoms with Crippen LogP contribution in [0.15, 0.2) is 37.2 Å². The minimum atomic E-state index is 0.750. The topological polar surface area (TPSA) is 28.7 Å². The van der Waals surface area contributed by atoms with E-state index in [4.69, 9.17) is 11.6 Å². The van der Waals surface area contributed by atoms with Crippen molar-refractivity contribution < 1.29 is 0 Å². The number of aromatic amines is 1. The van der Waals surface area contributed by atoms with Crippen LogP contribution in [-0.4, -0.2) is 9.97 Å². The van der Waals surface area contributed by atoms with Crippen molar-refractivity contribution in [1.82, 2.24) is 9.97 Å². The molecule has 3 heteroatoms. The van der Waals surface area contributed by atoms with Gasteiger partial charge in [-0.15, -0.1) is 0 Å². The SMILES string of the molecule is C=C(c1ncc[nH]1)c1cccc(Cl)c1C. The lowest BCUT2D eigenvalue weighted by Gasteiger charge is -2.08. The lowest BCUT2D eigenvalue weighted by Crippen LogP contribution is -1.92. The predicted octanol–water partition coefficient (Wildman–Crippen LogP) is 3.43. The number of halogens is 1. The lowest BCUT2D eigenvalue weighted by molar-refractivity contribution is 1.23. The maximum absolute atomic E-state index is 6.05. The largest absolute Gasteiger partial charge is 0.345 e. The minimum absolute atomic E-state index is 0.750. The van der Waals surface area contributed by atoms with E-state index in [-0.39, 0.29) is 0 Å². The Kier molecular flexibility index (Phi) is 2.60. The molecule has 15 heavy (non-hydrogen) atoms. The summed E-state index contributed by atoms with van der Waals surface area (Å²) < 4.78 is 0. The Bertz CT molecular complexity index is 486. The van der Waals surface area contributed by atoms with E-state index in [0.29, 0.717) is 0 Å². The van der Waals surface area contributed by atoms with Gasteiger partial charge in [-0.1, -0.05) is 30.3 Å². The Morgan fingerprint density at radius 2 is 2.27 bits per heavy atom. The third-order valence-corrected chi connectivity index (χ3v) is 2.79. The number of aromatic nitrogens is 2. The third kappa shape index (κ3) is 1.81. The number of hydrogen-bond donors (Lipinski definition) is 1. The number of H-pyrrole nitrogens is 1. The van der Waals surface area contributed by atoms with Crippen LogP contribution in [-0.2, 0) is 0 Å². The second kappa shape index (κ2) is 3.91. The zero-order valence-corrected chi connectivity index (χ0v) is 9.17. The Morgan fingerprint density at radius 3 is 2.93 bits per heavy atom. The van der Waals surface area contributed by atoms with Crippen molar-refractivity contribution in [2.45, 2.75) is 6.92 Å². The van der Waals surface area contributed by atoms with Gasteiger partial charge in [-0.3, -0.25) is 0 Å². The molecule has 2 nitrogen and oxygen atoms in total. The third-order valence-electron chi connectivity index (χ3n) is 2.38. The number of hydrogen-bond acceptors (Lipinski definition) is 1. The van der Waals surface area contributed by atoms with Crippen LogP contribution in [0.5, 0.6) is 0 Å². The molecule has 2 aromatic rings. The maximum atomic E-state index is 6.05. The van der Waals surface area contributed by atoms with Crippen LogP contribution >= 0.6 is 11.6 Å². The second-order valence-corrected chi connectivity index (χ2v) is 3.74. The van der Waals surface area contributed by atoms with Gasteiger partial charge in [0.2, 0.25) is 0 Å². The first-order chi connectivity index (χ1) is 7.20. The van der Waals surface area contributed by atoms with Crippen molar-refractivity contribution in [3.63, 3.8) is 0 Å². The number of imidazole rings is 1. The van der Waals surface area contributed by atoms with Crippen LogP contribution in [0.1, 0.15) is 17.0 Å². The van der Waals surface area contributed by atoms with Crippen LogP contribution in [0.3, 0.4) is 0 Å². The molecule has 76 valence electrons. The van der Waals surface area contributed by atoms with Gasteiger partial charge < -0.3 is 4.98 Å². The highest BCUT2D eigenvalue weighted by molar-refractivity contribution is 6.31. The van der Waals surface area contributed by atoms with Crippen molar-refractivity contribution in [3.05, 3.63) is 59.1 Å². The van der Waals surface area contributed by atoms with Gasteiger partial charge in [-0.05, 0) is 24.1 Å². The van der Waals surface area contributed by atoms with E-state index in [0.717, 1.165) is 27.5 Å². The monoisotopic (exact) mass is 218 g/mol. The molecular formula is C12H11ClN2. The molecule has 0 radical (unpaired) electrons. The molecular weight excluding hydrogens is 208 g/mol. The van der Waals surface area contributed by atoms with E-state index in [1.54, 1.807) is 12.4 Å². The zero-order valence-electron chi connectivity index (χ0n) is 8.42. The molecule has 0 aliphatic rings. The van der Waals surface area contributed by atoms with Gasteiger partial charge in [0, 0.05) is 23.0 Å². The Morgan fingerprint density at radius 1 is 1.47 bits per heavy atom. The van der Waals surface area contributed by atoms with Gasteiger partial charge in [0.25, 0.3) is 0 Å². The van der Waals surface area contributed by atoms with Gasteiger partial charge in [-0.25, -0.2) is 4.98 Å². The summed E-state index contributed by atoms with van der Waals surface area (Å²) in [4.78, 5) is 7.19. The van der Waals surface area contributed by atoms with Crippen LogP contribution in [0.4, 0.5) is 0 Å². The van der Waals surface area contributed by atoms with E-state index in [2.05, 4.69) is 16.5 Å². The van der Waals surface area contributed by atoms with Crippen molar-refractivity contribution in [1.29, 1.82) is 0 Å². The summed E-state index contributed by atoms with van der Waals surface area (Å²) >= 11 is 6.05. The van der Waals surface area contributed by atoms with E-state index in [9.17, 15) is 0 Å². The summed E-state index contributed by atoms with van der Waals surface area (Å²) in [7, 11) is 0. The van der Waals surface area contributed by atoms with Gasteiger partial charge >= 0.3 is 0 Å². The standard InChI is InChI=1S/C12H11ClN2/c1-8-10(4-3-5-11(8)13)9(2)12-14-6-7-15-12/h3-7H,2H2,1H3,(H,14,15). The first-order valence-corrected chi connectivity index (χ1v) is 5.02. The lowest BCUT2D eigenvalue weighted by atomic mass is 10.0. The highest BCUT2D eigenvalue weighted by Crippen LogP contribution is 2.26. The van der Waals surface area contributed by atoms with Crippen LogP contribution in [0.25, 0.3) is 5.57 Å². The van der Waals surface area contributed by atoms with E-state index in [1.807, 2.05) is 25.1 Å². The molecule has 0 saturated carbocycles. The molecule has 0 fully saturated rings. The zero-order chi connectivity index (χ0) is 10.8. The summed E-state index contributed by atoms with van der Waals surface area (Å²) in [6, 6.07) is 5.78. The van der Waals surface area contributed by atoms with Crippen molar-refractivity contribution in [2.24, 2.45) is 0 Å². The molecule has 1 aromatic carbocycles. The van der Waals surface area contributed by atoms with Crippen LogP contribution in [0.2, 0.25) is 5.02 Å². The summed E-state index contributed by atoms with van der Waals surface area (Å²) in [5.74, 6) is 0.778. The number of rotatable bonds is 2. The van der Waals surface area contributed by atoms with E-state index < -0.39 is 0 Å². The van der Waals surface area contributed by atoms with Gasteiger partial charge in [0.1, 0.15) is 5.82 Å². The number of nitrogens with zero attached hydrogens (tertiary/aromatic N) is 1. The fraction of sp³-hybridized carbons (Fsp3) is 0.0833. The van der Waals surface area contributed by atoms with Crippen LogP contribution in [0, 0.1) is 6.92 Å². The molecule has 2 rings (SSSR count). The van der Waals surface area contributed by atoms with Gasteiger partial charge in [0.15, 0.2) is 0 Å². The molecule has 0 saturated heterocycles. The minimum Gasteiger partial charge on any atom is -0.345 e. The first-order valence-electron chi connectivity index (χ1n) is 4.64. The van der Waals surface area contributed by atoms with Crippen molar-refractivity contribution in [3.8, 4) is 0 Å². The Balaban J connectivity index is 2.47. The van der Waals surface area contributed by atoms with E-state index >= 15 is 0 Å². The maximum Gasteiger partial charge on any atom is 0.137 e. The average molecular weight is 219 g/mol. The molecule has 0 amide bonds. The molecule has 1 heterocycles. The smallest absolute Gasteiger partial charge is 0.137 e. The molecule has 0 unspecified atom stereocenters. The highest BCUT2D eigenvalue weighted by atomic mass is 35.5. The predicted molar refractivity (Wildman–Crippen MR) is 62.9 cm³/mol. The van der Waals surface area contributed by atoms with Crippen molar-refractivity contribution in [2.75, 3.05) is 0 Å². The normalized spacial score (nSPS) is 10.3. The molecule has 0 aliphatic carbocycles. The second-order valence-electron chi connectivity index (χ2n) is 3.33. The summed E-state index contributed by atoms with van der Waals surface area (Å²) in [6.45, 7) is 5.99. The fourth-order valence-electron chi connectivity index (χ4n) is 1.49. The van der Waals surface area contributed by atoms with Gasteiger partial charge in [0.05, 0.1) is 0 Å². The Hall–Kier alpha value is -1.54. The molecule has 0 spiro atoms. The van der Waals surface area contributed by atoms with Gasteiger partial charge in [-0.2, -0.15) is 0 Å². The summed E-state index contributed by atoms with van der Waals surface area (Å²) in [5, 5.41) is 0.750.